The number of aliphatic hydroxyl groups is 1. The summed E-state index contributed by atoms with van der Waals surface area (Å²) in [5, 5.41) is 9.58. The van der Waals surface area contributed by atoms with E-state index in [4.69, 9.17) is 0 Å². The van der Waals surface area contributed by atoms with Gasteiger partial charge in [-0.1, -0.05) is 18.2 Å². The second-order valence-corrected chi connectivity index (χ2v) is 5.38. The first-order valence-electron chi connectivity index (χ1n) is 7.03. The smallest absolute Gasteiger partial charge is 0.130 e. The number of halogens is 3. The summed E-state index contributed by atoms with van der Waals surface area (Å²) >= 11 is 0. The van der Waals surface area contributed by atoms with E-state index in [-0.39, 0.29) is 12.4 Å². The SMILES string of the molecule is CC(O)CN(Cc1ccc(F)cc1)Cc1ccc(F)cc1F. The quantitative estimate of drug-likeness (QED) is 0.883. The zero-order valence-electron chi connectivity index (χ0n) is 12.3. The van der Waals surface area contributed by atoms with E-state index in [0.717, 1.165) is 11.6 Å². The second-order valence-electron chi connectivity index (χ2n) is 5.38. The maximum Gasteiger partial charge on any atom is 0.130 e. The zero-order chi connectivity index (χ0) is 16.1. The third-order valence-corrected chi connectivity index (χ3v) is 3.25. The number of benzene rings is 2. The van der Waals surface area contributed by atoms with E-state index in [1.807, 2.05) is 4.90 Å². The second kappa shape index (κ2) is 7.42. The standard InChI is InChI=1S/C17H18F3NO/c1-12(22)9-21(10-13-2-5-15(18)6-3-13)11-14-4-7-16(19)8-17(14)20/h2-8,12,22H,9-11H2,1H3. The molecule has 1 unspecified atom stereocenters. The largest absolute Gasteiger partial charge is 0.392 e. The Bertz CT molecular complexity index is 614. The van der Waals surface area contributed by atoms with Crippen LogP contribution in [0.1, 0.15) is 18.1 Å². The predicted molar refractivity (Wildman–Crippen MR) is 78.6 cm³/mol. The Kier molecular flexibility index (Phi) is 5.57. The molecule has 0 saturated heterocycles. The molecule has 0 aliphatic rings. The highest BCUT2D eigenvalue weighted by Crippen LogP contribution is 2.15. The molecule has 0 heterocycles. The molecule has 22 heavy (non-hydrogen) atoms. The van der Waals surface area contributed by atoms with E-state index in [1.54, 1.807) is 19.1 Å². The Morgan fingerprint density at radius 1 is 0.955 bits per heavy atom. The summed E-state index contributed by atoms with van der Waals surface area (Å²) in [5.41, 5.74) is 1.20. The minimum atomic E-state index is -0.623. The molecule has 0 saturated carbocycles. The fourth-order valence-electron chi connectivity index (χ4n) is 2.30. The molecule has 1 atom stereocenters. The number of rotatable bonds is 6. The summed E-state index contributed by atoms with van der Waals surface area (Å²) in [6.45, 7) is 2.63. The predicted octanol–water partition coefficient (Wildman–Crippen LogP) is 3.49. The Hall–Kier alpha value is -1.85. The van der Waals surface area contributed by atoms with Crippen molar-refractivity contribution in [2.45, 2.75) is 26.1 Å². The van der Waals surface area contributed by atoms with E-state index in [0.29, 0.717) is 18.7 Å². The van der Waals surface area contributed by atoms with Gasteiger partial charge in [0.05, 0.1) is 6.10 Å². The molecule has 0 fully saturated rings. The van der Waals surface area contributed by atoms with Crippen molar-refractivity contribution >= 4 is 0 Å². The van der Waals surface area contributed by atoms with Gasteiger partial charge in [-0.3, -0.25) is 4.90 Å². The highest BCUT2D eigenvalue weighted by molar-refractivity contribution is 5.20. The molecule has 118 valence electrons. The Balaban J connectivity index is 2.13. The molecule has 2 aromatic carbocycles. The average Bonchev–Trinajstić information content (AvgIpc) is 2.44. The topological polar surface area (TPSA) is 23.5 Å². The van der Waals surface area contributed by atoms with Gasteiger partial charge >= 0.3 is 0 Å². The van der Waals surface area contributed by atoms with Gasteiger partial charge in [-0.25, -0.2) is 13.2 Å². The fraction of sp³-hybridized carbons (Fsp3) is 0.294. The molecule has 1 N–H and O–H groups in total. The van der Waals surface area contributed by atoms with Crippen LogP contribution in [0.3, 0.4) is 0 Å². The highest BCUT2D eigenvalue weighted by Gasteiger charge is 2.13. The van der Waals surface area contributed by atoms with Crippen molar-refractivity contribution in [1.82, 2.24) is 4.90 Å². The van der Waals surface area contributed by atoms with Gasteiger partial charge in [-0.05, 0) is 30.7 Å². The molecule has 0 aliphatic carbocycles. The molecule has 0 aliphatic heterocycles. The van der Waals surface area contributed by atoms with Crippen molar-refractivity contribution in [2.75, 3.05) is 6.54 Å². The molecule has 2 rings (SSSR count). The first-order valence-corrected chi connectivity index (χ1v) is 7.03. The lowest BCUT2D eigenvalue weighted by atomic mass is 10.1. The normalized spacial score (nSPS) is 12.6. The molecule has 2 aromatic rings. The van der Waals surface area contributed by atoms with Crippen molar-refractivity contribution in [1.29, 1.82) is 0 Å². The Labute approximate surface area is 127 Å². The molecule has 0 aromatic heterocycles. The van der Waals surface area contributed by atoms with E-state index >= 15 is 0 Å². The van der Waals surface area contributed by atoms with Gasteiger partial charge in [0.1, 0.15) is 17.5 Å². The fourth-order valence-corrected chi connectivity index (χ4v) is 2.30. The Morgan fingerprint density at radius 2 is 1.59 bits per heavy atom. The van der Waals surface area contributed by atoms with Gasteiger partial charge in [0.15, 0.2) is 0 Å². The summed E-state index contributed by atoms with van der Waals surface area (Å²) in [7, 11) is 0. The van der Waals surface area contributed by atoms with Crippen LogP contribution in [-0.2, 0) is 13.1 Å². The van der Waals surface area contributed by atoms with Gasteiger partial charge in [0.2, 0.25) is 0 Å². The summed E-state index contributed by atoms with van der Waals surface area (Å²) in [6, 6.07) is 9.44. The van der Waals surface area contributed by atoms with Gasteiger partial charge in [-0.15, -0.1) is 0 Å². The van der Waals surface area contributed by atoms with Crippen molar-refractivity contribution in [3.63, 3.8) is 0 Å². The summed E-state index contributed by atoms with van der Waals surface area (Å²) < 4.78 is 39.6. The number of nitrogens with zero attached hydrogens (tertiary/aromatic N) is 1. The minimum Gasteiger partial charge on any atom is -0.392 e. The maximum absolute atomic E-state index is 13.8. The van der Waals surface area contributed by atoms with Crippen LogP contribution >= 0.6 is 0 Å². The first-order chi connectivity index (χ1) is 10.4. The lowest BCUT2D eigenvalue weighted by Gasteiger charge is -2.24. The molecule has 0 spiro atoms. The molecule has 0 bridgehead atoms. The van der Waals surface area contributed by atoms with Crippen molar-refractivity contribution in [3.05, 3.63) is 71.0 Å². The molecule has 0 radical (unpaired) electrons. The molecular weight excluding hydrogens is 291 g/mol. The molecule has 2 nitrogen and oxygen atoms in total. The summed E-state index contributed by atoms with van der Waals surface area (Å²) in [6.07, 6.45) is -0.594. The third kappa shape index (κ3) is 4.86. The summed E-state index contributed by atoms with van der Waals surface area (Å²) in [4.78, 5) is 1.83. The zero-order valence-corrected chi connectivity index (χ0v) is 12.3. The van der Waals surface area contributed by atoms with Crippen LogP contribution in [0.4, 0.5) is 13.2 Å². The lowest BCUT2D eigenvalue weighted by molar-refractivity contribution is 0.117. The molecular formula is C17H18F3NO. The van der Waals surface area contributed by atoms with Crippen molar-refractivity contribution < 1.29 is 18.3 Å². The van der Waals surface area contributed by atoms with Crippen LogP contribution < -0.4 is 0 Å². The van der Waals surface area contributed by atoms with Crippen LogP contribution in [0.15, 0.2) is 42.5 Å². The first kappa shape index (κ1) is 16.5. The van der Waals surface area contributed by atoms with Gasteiger partial charge in [-0.2, -0.15) is 0 Å². The highest BCUT2D eigenvalue weighted by atomic mass is 19.1. The third-order valence-electron chi connectivity index (χ3n) is 3.25. The van der Waals surface area contributed by atoms with Gasteiger partial charge in [0.25, 0.3) is 0 Å². The van der Waals surface area contributed by atoms with Crippen LogP contribution in [0.5, 0.6) is 0 Å². The molecule has 5 heteroatoms. The van der Waals surface area contributed by atoms with E-state index in [9.17, 15) is 18.3 Å². The van der Waals surface area contributed by atoms with Gasteiger partial charge in [0, 0.05) is 31.3 Å². The summed E-state index contributed by atoms with van der Waals surface area (Å²) in [5.74, 6) is -1.56. The van der Waals surface area contributed by atoms with Crippen LogP contribution in [0.2, 0.25) is 0 Å². The van der Waals surface area contributed by atoms with Crippen molar-refractivity contribution in [2.24, 2.45) is 0 Å². The minimum absolute atomic E-state index is 0.231. The van der Waals surface area contributed by atoms with Crippen LogP contribution in [0.25, 0.3) is 0 Å². The van der Waals surface area contributed by atoms with Crippen molar-refractivity contribution in [3.8, 4) is 0 Å². The number of hydrogen-bond acceptors (Lipinski definition) is 2. The maximum atomic E-state index is 13.8. The average molecular weight is 309 g/mol. The van der Waals surface area contributed by atoms with Crippen LogP contribution in [-0.4, -0.2) is 22.7 Å². The van der Waals surface area contributed by atoms with E-state index in [2.05, 4.69) is 0 Å². The number of aliphatic hydroxyl groups excluding tert-OH is 1. The monoisotopic (exact) mass is 309 g/mol. The number of hydrogen-bond donors (Lipinski definition) is 1. The van der Waals surface area contributed by atoms with E-state index in [1.165, 1.54) is 24.3 Å². The Morgan fingerprint density at radius 3 is 2.18 bits per heavy atom. The molecule has 0 amide bonds. The lowest BCUT2D eigenvalue weighted by Crippen LogP contribution is -2.30. The van der Waals surface area contributed by atoms with Gasteiger partial charge < -0.3 is 5.11 Å². The van der Waals surface area contributed by atoms with Crippen LogP contribution in [0, 0.1) is 17.5 Å². The van der Waals surface area contributed by atoms with E-state index < -0.39 is 17.7 Å².